The van der Waals surface area contributed by atoms with Gasteiger partial charge in [-0.3, -0.25) is 4.57 Å². The van der Waals surface area contributed by atoms with Crippen LogP contribution in [0.25, 0.3) is 0 Å². The van der Waals surface area contributed by atoms with Crippen LogP contribution in [-0.2, 0) is 4.57 Å². The van der Waals surface area contributed by atoms with Crippen LogP contribution in [0.5, 0.6) is 0 Å². The number of aliphatic hydroxyl groups excluding tert-OH is 1. The Hall–Kier alpha value is 0.0700. The fourth-order valence-electron chi connectivity index (χ4n) is 6.02. The van der Waals surface area contributed by atoms with Gasteiger partial charge in [-0.2, -0.15) is 0 Å². The second kappa shape index (κ2) is 27.9. The Bertz CT molecular complexity index is 536. The molecule has 5 N–H and O–H groups in total. The molecule has 1 unspecified atom stereocenters. The molecular weight excluding hydrogens is 517 g/mol. The van der Waals surface area contributed by atoms with Gasteiger partial charge in [0.25, 0.3) is 0 Å². The largest absolute Gasteiger partial charge is 0.379 e. The van der Waals surface area contributed by atoms with Gasteiger partial charge in [0.2, 0.25) is 0 Å². The maximum absolute atomic E-state index is 11.8. The molecule has 0 fully saturated rings. The molecule has 5 nitrogen and oxygen atoms in total. The van der Waals surface area contributed by atoms with Gasteiger partial charge in [-0.1, -0.05) is 194 Å². The van der Waals surface area contributed by atoms with Gasteiger partial charge in [-0.05, 0) is 12.8 Å². The zero-order valence-electron chi connectivity index (χ0n) is 27.1. The van der Waals surface area contributed by atoms with E-state index in [1.807, 2.05) is 0 Å². The molecule has 242 valence electrons. The quantitative estimate of drug-likeness (QED) is 0.0461. The highest BCUT2D eigenvalue weighted by atomic mass is 31.2. The van der Waals surface area contributed by atoms with Crippen molar-refractivity contribution in [1.29, 1.82) is 0 Å². The predicted octanol–water partition coefficient (Wildman–Crippen LogP) is 10.9. The Morgan fingerprint density at radius 3 is 0.875 bits per heavy atom. The predicted molar refractivity (Wildman–Crippen MR) is 175 cm³/mol. The maximum Gasteiger partial charge on any atom is 0.355 e. The molecule has 0 rings (SSSR count). The van der Waals surface area contributed by atoms with Gasteiger partial charge in [-0.15, -0.1) is 0 Å². The van der Waals surface area contributed by atoms with E-state index < -0.39 is 19.0 Å². The first-order valence-corrected chi connectivity index (χ1v) is 19.5. The van der Waals surface area contributed by atoms with Crippen LogP contribution in [0.3, 0.4) is 0 Å². The van der Waals surface area contributed by atoms with Crippen molar-refractivity contribution in [3.8, 4) is 0 Å². The van der Waals surface area contributed by atoms with E-state index in [4.69, 9.17) is 5.73 Å². The summed E-state index contributed by atoms with van der Waals surface area (Å²) in [5, 5.41) is 10.4. The minimum Gasteiger partial charge on any atom is -0.379 e. The summed E-state index contributed by atoms with van der Waals surface area (Å²) in [6.45, 7) is 4.53. The van der Waals surface area contributed by atoms with Gasteiger partial charge < -0.3 is 20.6 Å². The van der Waals surface area contributed by atoms with Gasteiger partial charge in [0.1, 0.15) is 0 Å². The van der Waals surface area contributed by atoms with E-state index in [9.17, 15) is 19.5 Å². The van der Waals surface area contributed by atoms with Crippen LogP contribution in [0.15, 0.2) is 0 Å². The Morgan fingerprint density at radius 1 is 0.475 bits per heavy atom. The van der Waals surface area contributed by atoms with Crippen molar-refractivity contribution in [2.75, 3.05) is 0 Å². The van der Waals surface area contributed by atoms with Crippen LogP contribution < -0.4 is 5.73 Å². The summed E-state index contributed by atoms with van der Waals surface area (Å²) in [5.74, 6) is -1.76. The van der Waals surface area contributed by atoms with Crippen LogP contribution in [-0.4, -0.2) is 26.3 Å². The third-order valence-corrected chi connectivity index (χ3v) is 9.98. The van der Waals surface area contributed by atoms with E-state index in [-0.39, 0.29) is 0 Å². The van der Waals surface area contributed by atoms with Crippen LogP contribution in [0.4, 0.5) is 0 Å². The van der Waals surface area contributed by atoms with Gasteiger partial charge in [0, 0.05) is 0 Å². The summed E-state index contributed by atoms with van der Waals surface area (Å²) in [6, 6.07) is 0. The first kappa shape index (κ1) is 40.1. The molecule has 0 amide bonds. The highest BCUT2D eigenvalue weighted by molar-refractivity contribution is 7.52. The van der Waals surface area contributed by atoms with Gasteiger partial charge >= 0.3 is 7.60 Å². The summed E-state index contributed by atoms with van der Waals surface area (Å²) in [6.07, 6.45) is 36.4. The number of hydrogen-bond donors (Lipinski definition) is 4. The van der Waals surface area contributed by atoms with Crippen molar-refractivity contribution in [2.24, 2.45) is 5.73 Å². The molecule has 0 spiro atoms. The normalized spacial score (nSPS) is 13.2. The fourth-order valence-corrected chi connectivity index (χ4v) is 6.94. The van der Waals surface area contributed by atoms with Gasteiger partial charge in [0.15, 0.2) is 5.85 Å². The number of hydrogen-bond acceptors (Lipinski definition) is 3. The molecule has 0 aliphatic heterocycles. The Balaban J connectivity index is 3.92. The second-order valence-corrected chi connectivity index (χ2v) is 14.6. The Morgan fingerprint density at radius 2 is 0.675 bits per heavy atom. The third kappa shape index (κ3) is 24.6. The SMILES string of the molecule is CCCCCCCCCCCCCCCCC(N)(CCCCCCCCCCCCCCCC)C(O)P(=O)(O)O. The van der Waals surface area contributed by atoms with Crippen LogP contribution in [0.1, 0.15) is 206 Å². The smallest absolute Gasteiger partial charge is 0.355 e. The van der Waals surface area contributed by atoms with E-state index in [2.05, 4.69) is 13.8 Å². The summed E-state index contributed by atoms with van der Waals surface area (Å²) >= 11 is 0. The molecule has 1 atom stereocenters. The van der Waals surface area contributed by atoms with E-state index in [0.717, 1.165) is 38.5 Å². The summed E-state index contributed by atoms with van der Waals surface area (Å²) in [4.78, 5) is 19.3. The van der Waals surface area contributed by atoms with Gasteiger partial charge in [-0.25, -0.2) is 0 Å². The molecule has 0 aliphatic carbocycles. The molecule has 0 saturated heterocycles. The lowest BCUT2D eigenvalue weighted by molar-refractivity contribution is 0.106. The standard InChI is InChI=1S/C34H72NO4P/c1-3-5-7-9-11-13-15-17-19-21-23-25-27-29-31-34(35,33(36)40(37,38)39)32-30-28-26-24-22-20-18-16-14-12-10-8-6-4-2/h33,36H,3-32,35H2,1-2H3,(H2,37,38,39). The monoisotopic (exact) mass is 590 g/mol. The zero-order valence-corrected chi connectivity index (χ0v) is 28.0. The van der Waals surface area contributed by atoms with Crippen LogP contribution in [0, 0.1) is 0 Å². The molecule has 0 aromatic rings. The Kier molecular flexibility index (Phi) is 27.9. The fraction of sp³-hybridized carbons (Fsp3) is 1.00. The molecule has 0 aromatic carbocycles. The average molecular weight is 590 g/mol. The van der Waals surface area contributed by atoms with Crippen LogP contribution >= 0.6 is 7.60 Å². The molecular formula is C34H72NO4P. The number of unbranched alkanes of at least 4 members (excludes halogenated alkanes) is 26. The molecule has 0 saturated carbocycles. The maximum atomic E-state index is 11.8. The summed E-state index contributed by atoms with van der Waals surface area (Å²) in [7, 11) is -4.62. The molecule has 0 bridgehead atoms. The van der Waals surface area contributed by atoms with Crippen molar-refractivity contribution in [2.45, 2.75) is 218 Å². The van der Waals surface area contributed by atoms with E-state index in [1.165, 1.54) is 141 Å². The lowest BCUT2D eigenvalue weighted by Crippen LogP contribution is -2.50. The summed E-state index contributed by atoms with van der Waals surface area (Å²) in [5.41, 5.74) is 5.29. The van der Waals surface area contributed by atoms with E-state index in [1.54, 1.807) is 0 Å². The lowest BCUT2D eigenvalue weighted by Gasteiger charge is -2.35. The number of nitrogens with two attached hydrogens (primary N) is 1. The van der Waals surface area contributed by atoms with Crippen molar-refractivity contribution < 1.29 is 19.5 Å². The lowest BCUT2D eigenvalue weighted by atomic mass is 9.87. The summed E-state index contributed by atoms with van der Waals surface area (Å²) < 4.78 is 11.8. The number of aliphatic hydroxyl groups is 1. The molecule has 40 heavy (non-hydrogen) atoms. The highest BCUT2D eigenvalue weighted by Crippen LogP contribution is 2.47. The molecule has 0 aliphatic rings. The second-order valence-electron chi connectivity index (χ2n) is 12.9. The van der Waals surface area contributed by atoms with E-state index in [0.29, 0.717) is 12.8 Å². The topological polar surface area (TPSA) is 104 Å². The minimum absolute atomic E-state index is 0.482. The average Bonchev–Trinajstić information content (AvgIpc) is 2.92. The van der Waals surface area contributed by atoms with E-state index >= 15 is 0 Å². The Labute approximate surface area is 250 Å². The molecule has 0 radical (unpaired) electrons. The van der Waals surface area contributed by atoms with Crippen LogP contribution in [0.2, 0.25) is 0 Å². The van der Waals surface area contributed by atoms with Crippen molar-refractivity contribution in [3.05, 3.63) is 0 Å². The zero-order chi connectivity index (χ0) is 29.8. The van der Waals surface area contributed by atoms with Gasteiger partial charge in [0.05, 0.1) is 5.54 Å². The van der Waals surface area contributed by atoms with Crippen molar-refractivity contribution in [3.63, 3.8) is 0 Å². The first-order valence-electron chi connectivity index (χ1n) is 17.8. The first-order chi connectivity index (χ1) is 19.3. The number of rotatable bonds is 32. The highest BCUT2D eigenvalue weighted by Gasteiger charge is 2.43. The van der Waals surface area contributed by atoms with Crippen molar-refractivity contribution >= 4 is 7.60 Å². The van der Waals surface area contributed by atoms with Crippen molar-refractivity contribution in [1.82, 2.24) is 0 Å². The minimum atomic E-state index is -4.62. The third-order valence-electron chi connectivity index (χ3n) is 8.82. The molecule has 6 heteroatoms. The molecule has 0 heterocycles. The molecule has 0 aromatic heterocycles.